The number of ketones is 1. The fourth-order valence-electron chi connectivity index (χ4n) is 3.90. The maximum absolute atomic E-state index is 12.8. The topological polar surface area (TPSA) is 26.3 Å². The molecule has 0 bridgehead atoms. The lowest BCUT2D eigenvalue weighted by Gasteiger charge is -2.40. The number of methoxy groups -OCH3 is 1. The second-order valence-corrected chi connectivity index (χ2v) is 6.45. The molecular weight excluding hydrogens is 260 g/mol. The van der Waals surface area contributed by atoms with E-state index in [1.807, 2.05) is 6.07 Å². The second-order valence-electron chi connectivity index (χ2n) is 6.45. The van der Waals surface area contributed by atoms with Crippen LogP contribution >= 0.6 is 0 Å². The van der Waals surface area contributed by atoms with Gasteiger partial charge in [0.2, 0.25) is 0 Å². The Morgan fingerprint density at radius 1 is 1.14 bits per heavy atom. The molecule has 0 atom stereocenters. The van der Waals surface area contributed by atoms with Crippen molar-refractivity contribution in [2.45, 2.75) is 44.1 Å². The Bertz CT molecular complexity index is 710. The van der Waals surface area contributed by atoms with Crippen LogP contribution in [0.2, 0.25) is 0 Å². The van der Waals surface area contributed by atoms with Gasteiger partial charge in [-0.1, -0.05) is 30.3 Å². The highest BCUT2D eigenvalue weighted by molar-refractivity contribution is 6.10. The number of Topliss-reactive ketones (excluding diaryl/α,β-unsaturated/α-hetero) is 1. The minimum absolute atomic E-state index is 0.195. The van der Waals surface area contributed by atoms with Crippen LogP contribution in [0.3, 0.4) is 0 Å². The fourth-order valence-corrected chi connectivity index (χ4v) is 3.90. The van der Waals surface area contributed by atoms with E-state index in [1.165, 1.54) is 22.9 Å². The van der Waals surface area contributed by atoms with E-state index in [0.29, 0.717) is 6.42 Å². The van der Waals surface area contributed by atoms with E-state index in [-0.39, 0.29) is 11.4 Å². The van der Waals surface area contributed by atoms with Crippen molar-refractivity contribution in [1.29, 1.82) is 0 Å². The molecule has 0 radical (unpaired) electrons. The van der Waals surface area contributed by atoms with Crippen molar-refractivity contribution >= 4 is 16.6 Å². The molecule has 0 aliphatic heterocycles. The van der Waals surface area contributed by atoms with Crippen LogP contribution in [0.5, 0.6) is 0 Å². The van der Waals surface area contributed by atoms with E-state index in [1.54, 1.807) is 7.11 Å². The van der Waals surface area contributed by atoms with Gasteiger partial charge in [0.15, 0.2) is 5.78 Å². The van der Waals surface area contributed by atoms with Gasteiger partial charge in [0.1, 0.15) is 0 Å². The Morgan fingerprint density at radius 2 is 1.90 bits per heavy atom. The summed E-state index contributed by atoms with van der Waals surface area (Å²) in [5, 5.41) is 2.46. The predicted octanol–water partition coefficient (Wildman–Crippen LogP) is 4.08. The molecule has 21 heavy (non-hydrogen) atoms. The smallest absolute Gasteiger partial charge is 0.166 e. The first kappa shape index (κ1) is 13.0. The van der Waals surface area contributed by atoms with Crippen LogP contribution in [0, 0.1) is 0 Å². The molecule has 108 valence electrons. The third-order valence-corrected chi connectivity index (χ3v) is 5.36. The summed E-state index contributed by atoms with van der Waals surface area (Å²) < 4.78 is 5.62. The first-order chi connectivity index (χ1) is 10.2. The molecule has 2 aromatic rings. The van der Waals surface area contributed by atoms with Gasteiger partial charge in [-0.15, -0.1) is 0 Å². The van der Waals surface area contributed by atoms with Gasteiger partial charge in [0.25, 0.3) is 0 Å². The SMILES string of the molecule is COC1(CC(=O)c2ccc3c4c(cccc24)CC3)CCC1. The van der Waals surface area contributed by atoms with Crippen LogP contribution in [0.25, 0.3) is 10.8 Å². The molecule has 0 spiro atoms. The third kappa shape index (κ3) is 1.93. The molecule has 0 aromatic heterocycles. The summed E-state index contributed by atoms with van der Waals surface area (Å²) in [6.45, 7) is 0. The maximum atomic E-state index is 12.8. The van der Waals surface area contributed by atoms with Crippen molar-refractivity contribution in [2.24, 2.45) is 0 Å². The Labute approximate surface area is 125 Å². The van der Waals surface area contributed by atoms with E-state index in [0.717, 1.165) is 36.6 Å². The minimum Gasteiger partial charge on any atom is -0.378 e. The van der Waals surface area contributed by atoms with Crippen LogP contribution in [0.15, 0.2) is 30.3 Å². The number of carbonyl (C=O) groups is 1. The van der Waals surface area contributed by atoms with Gasteiger partial charge in [-0.3, -0.25) is 4.79 Å². The number of hydrogen-bond acceptors (Lipinski definition) is 2. The monoisotopic (exact) mass is 280 g/mol. The average molecular weight is 280 g/mol. The van der Waals surface area contributed by atoms with E-state index >= 15 is 0 Å². The molecule has 0 saturated heterocycles. The zero-order chi connectivity index (χ0) is 14.4. The van der Waals surface area contributed by atoms with E-state index in [4.69, 9.17) is 4.74 Å². The Balaban J connectivity index is 1.76. The van der Waals surface area contributed by atoms with Crippen LogP contribution in [0.4, 0.5) is 0 Å². The summed E-state index contributed by atoms with van der Waals surface area (Å²) in [4.78, 5) is 12.8. The molecule has 4 rings (SSSR count). The standard InChI is InChI=1S/C19H20O2/c1-21-19(10-3-11-19)12-17(20)15-9-8-14-7-6-13-4-2-5-16(15)18(13)14/h2,4-5,8-9H,3,6-7,10-12H2,1H3. The van der Waals surface area contributed by atoms with Crippen LogP contribution in [-0.2, 0) is 17.6 Å². The molecule has 2 aromatic carbocycles. The lowest BCUT2D eigenvalue weighted by Crippen LogP contribution is -2.41. The van der Waals surface area contributed by atoms with E-state index in [2.05, 4.69) is 24.3 Å². The highest BCUT2D eigenvalue weighted by Gasteiger charge is 2.39. The summed E-state index contributed by atoms with van der Waals surface area (Å²) in [7, 11) is 1.74. The first-order valence-electron chi connectivity index (χ1n) is 7.84. The first-order valence-corrected chi connectivity index (χ1v) is 7.84. The molecule has 0 amide bonds. The van der Waals surface area contributed by atoms with E-state index < -0.39 is 0 Å². The molecule has 0 unspecified atom stereocenters. The largest absolute Gasteiger partial charge is 0.378 e. The van der Waals surface area contributed by atoms with Crippen LogP contribution in [-0.4, -0.2) is 18.5 Å². The highest BCUT2D eigenvalue weighted by atomic mass is 16.5. The van der Waals surface area contributed by atoms with Gasteiger partial charge in [0, 0.05) is 19.1 Å². The van der Waals surface area contributed by atoms with Crippen molar-refractivity contribution in [3.63, 3.8) is 0 Å². The molecule has 2 heteroatoms. The molecule has 2 aliphatic rings. The Morgan fingerprint density at radius 3 is 2.57 bits per heavy atom. The van der Waals surface area contributed by atoms with Gasteiger partial charge in [-0.25, -0.2) is 0 Å². The zero-order valence-corrected chi connectivity index (χ0v) is 12.4. The van der Waals surface area contributed by atoms with Crippen LogP contribution < -0.4 is 0 Å². The number of aryl methyl sites for hydroxylation is 2. The molecule has 0 N–H and O–H groups in total. The summed E-state index contributed by atoms with van der Waals surface area (Å²) in [6.07, 6.45) is 5.92. The third-order valence-electron chi connectivity index (χ3n) is 5.36. The van der Waals surface area contributed by atoms with Crippen LogP contribution in [0.1, 0.15) is 47.2 Å². The highest BCUT2D eigenvalue weighted by Crippen LogP contribution is 2.40. The van der Waals surface area contributed by atoms with Crippen molar-refractivity contribution < 1.29 is 9.53 Å². The summed E-state index contributed by atoms with van der Waals surface area (Å²) in [6, 6.07) is 10.5. The lowest BCUT2D eigenvalue weighted by molar-refractivity contribution is -0.0704. The van der Waals surface area contributed by atoms with Crippen molar-refractivity contribution in [1.82, 2.24) is 0 Å². The zero-order valence-electron chi connectivity index (χ0n) is 12.4. The summed E-state index contributed by atoms with van der Waals surface area (Å²) in [5.74, 6) is 0.229. The van der Waals surface area contributed by atoms with Gasteiger partial charge in [-0.2, -0.15) is 0 Å². The summed E-state index contributed by atoms with van der Waals surface area (Å²) >= 11 is 0. The van der Waals surface area contributed by atoms with Gasteiger partial charge in [-0.05, 0) is 54.0 Å². The van der Waals surface area contributed by atoms with Crippen molar-refractivity contribution in [3.05, 3.63) is 47.0 Å². The number of carbonyl (C=O) groups excluding carboxylic acids is 1. The number of ether oxygens (including phenoxy) is 1. The quantitative estimate of drug-likeness (QED) is 0.789. The van der Waals surface area contributed by atoms with Gasteiger partial charge in [0.05, 0.1) is 5.60 Å². The molecular formula is C19H20O2. The normalized spacial score (nSPS) is 18.7. The average Bonchev–Trinajstić information content (AvgIpc) is 2.88. The molecule has 1 saturated carbocycles. The Kier molecular flexibility index (Phi) is 2.90. The number of rotatable bonds is 4. The predicted molar refractivity (Wildman–Crippen MR) is 83.9 cm³/mol. The molecule has 2 aliphatic carbocycles. The Hall–Kier alpha value is -1.67. The van der Waals surface area contributed by atoms with Crippen molar-refractivity contribution in [3.8, 4) is 0 Å². The number of hydrogen-bond donors (Lipinski definition) is 0. The molecule has 2 nitrogen and oxygen atoms in total. The second kappa shape index (κ2) is 4.67. The molecule has 1 fully saturated rings. The summed E-state index contributed by atoms with van der Waals surface area (Å²) in [5.41, 5.74) is 3.46. The van der Waals surface area contributed by atoms with Gasteiger partial charge >= 0.3 is 0 Å². The fraction of sp³-hybridized carbons (Fsp3) is 0.421. The lowest BCUT2D eigenvalue weighted by atomic mass is 9.75. The van der Waals surface area contributed by atoms with E-state index in [9.17, 15) is 4.79 Å². The van der Waals surface area contributed by atoms with Gasteiger partial charge < -0.3 is 4.74 Å². The maximum Gasteiger partial charge on any atom is 0.166 e. The minimum atomic E-state index is -0.195. The van der Waals surface area contributed by atoms with Crippen molar-refractivity contribution in [2.75, 3.05) is 7.11 Å². The molecule has 0 heterocycles. The number of benzene rings is 2.